The second-order valence-electron chi connectivity index (χ2n) is 3.31. The first kappa shape index (κ1) is 10.4. The van der Waals surface area contributed by atoms with Gasteiger partial charge in [0.2, 0.25) is 0 Å². The molecule has 0 aromatic heterocycles. The highest BCUT2D eigenvalue weighted by atomic mass is 16.3. The number of aliphatic hydroxyl groups is 1. The molecule has 11 heavy (non-hydrogen) atoms. The summed E-state index contributed by atoms with van der Waals surface area (Å²) in [5.74, 6) is 0. The third-order valence-electron chi connectivity index (χ3n) is 1.60. The van der Waals surface area contributed by atoms with Crippen molar-refractivity contribution in [2.45, 2.75) is 39.7 Å². The summed E-state index contributed by atoms with van der Waals surface area (Å²) in [5.41, 5.74) is 0.597. The second kappa shape index (κ2) is 4.35. The van der Waals surface area contributed by atoms with E-state index in [9.17, 15) is 5.11 Å². The van der Waals surface area contributed by atoms with Gasteiger partial charge in [-0.3, -0.25) is 0 Å². The van der Waals surface area contributed by atoms with Crippen LogP contribution >= 0.6 is 0 Å². The summed E-state index contributed by atoms with van der Waals surface area (Å²) in [6.45, 7) is 7.84. The smallest absolute Gasteiger partial charge is 0.0800 e. The van der Waals surface area contributed by atoms with Crippen molar-refractivity contribution in [3.63, 3.8) is 0 Å². The van der Waals surface area contributed by atoms with E-state index in [0.29, 0.717) is 0 Å². The van der Waals surface area contributed by atoms with Crippen molar-refractivity contribution >= 4 is 0 Å². The average molecular weight is 154 g/mol. The van der Waals surface area contributed by atoms with Crippen LogP contribution in [0.15, 0.2) is 23.8 Å². The SMILES string of the molecule is CC[C@@](C)(O)/C=C\C=C(C)C. The average Bonchev–Trinajstić information content (AvgIpc) is 1.87. The van der Waals surface area contributed by atoms with Crippen LogP contribution in [0.5, 0.6) is 0 Å². The van der Waals surface area contributed by atoms with Crippen LogP contribution in [-0.4, -0.2) is 10.7 Å². The predicted octanol–water partition coefficient (Wildman–Crippen LogP) is 2.67. The zero-order chi connectivity index (χ0) is 8.91. The van der Waals surface area contributed by atoms with Crippen LogP contribution in [-0.2, 0) is 0 Å². The maximum absolute atomic E-state index is 9.52. The standard InChI is InChI=1S/C10H18O/c1-5-10(4,11)8-6-7-9(2)3/h6-8,11H,5H2,1-4H3/b8-6-/t10-/m1/s1. The molecule has 0 aliphatic heterocycles. The normalized spacial score (nSPS) is 16.5. The molecule has 0 spiro atoms. The topological polar surface area (TPSA) is 20.2 Å². The van der Waals surface area contributed by atoms with E-state index in [0.717, 1.165) is 6.42 Å². The fourth-order valence-corrected chi connectivity index (χ4v) is 0.566. The van der Waals surface area contributed by atoms with Crippen LogP contribution in [0.1, 0.15) is 34.1 Å². The Balaban J connectivity index is 4.02. The summed E-state index contributed by atoms with van der Waals surface area (Å²) in [6, 6.07) is 0. The van der Waals surface area contributed by atoms with Crippen molar-refractivity contribution in [1.82, 2.24) is 0 Å². The summed E-state index contributed by atoms with van der Waals surface area (Å²) in [5, 5.41) is 9.52. The Morgan fingerprint density at radius 1 is 1.45 bits per heavy atom. The Hall–Kier alpha value is -0.560. The fraction of sp³-hybridized carbons (Fsp3) is 0.600. The number of rotatable bonds is 3. The molecule has 0 aromatic carbocycles. The number of allylic oxidation sites excluding steroid dienone is 3. The van der Waals surface area contributed by atoms with E-state index in [1.807, 2.05) is 45.9 Å². The lowest BCUT2D eigenvalue weighted by Crippen LogP contribution is -2.18. The molecule has 0 aliphatic rings. The first-order chi connectivity index (χ1) is 4.98. The van der Waals surface area contributed by atoms with E-state index in [2.05, 4.69) is 0 Å². The Bertz CT molecular complexity index is 160. The second-order valence-corrected chi connectivity index (χ2v) is 3.31. The van der Waals surface area contributed by atoms with Crippen LogP contribution in [0, 0.1) is 0 Å². The Morgan fingerprint density at radius 2 is 2.00 bits per heavy atom. The predicted molar refractivity (Wildman–Crippen MR) is 49.5 cm³/mol. The van der Waals surface area contributed by atoms with Gasteiger partial charge in [0.1, 0.15) is 0 Å². The maximum Gasteiger partial charge on any atom is 0.0800 e. The quantitative estimate of drug-likeness (QED) is 0.620. The van der Waals surface area contributed by atoms with Gasteiger partial charge in [-0.25, -0.2) is 0 Å². The maximum atomic E-state index is 9.52. The minimum absolute atomic E-state index is 0.647. The van der Waals surface area contributed by atoms with E-state index >= 15 is 0 Å². The largest absolute Gasteiger partial charge is 0.386 e. The lowest BCUT2D eigenvalue weighted by Gasteiger charge is -2.14. The van der Waals surface area contributed by atoms with Gasteiger partial charge in [-0.05, 0) is 27.2 Å². The highest BCUT2D eigenvalue weighted by molar-refractivity contribution is 5.12. The molecule has 0 fully saturated rings. The van der Waals surface area contributed by atoms with Gasteiger partial charge < -0.3 is 5.11 Å². The van der Waals surface area contributed by atoms with Crippen molar-refractivity contribution in [2.75, 3.05) is 0 Å². The molecule has 1 N–H and O–H groups in total. The van der Waals surface area contributed by atoms with Crippen molar-refractivity contribution in [3.8, 4) is 0 Å². The summed E-state index contributed by atoms with van der Waals surface area (Å²) in [4.78, 5) is 0. The van der Waals surface area contributed by atoms with E-state index in [1.54, 1.807) is 0 Å². The van der Waals surface area contributed by atoms with Crippen LogP contribution in [0.4, 0.5) is 0 Å². The molecule has 0 amide bonds. The molecule has 0 rings (SSSR count). The van der Waals surface area contributed by atoms with Gasteiger partial charge in [-0.1, -0.05) is 30.7 Å². The molecular weight excluding hydrogens is 136 g/mol. The molecule has 0 radical (unpaired) electrons. The first-order valence-corrected chi connectivity index (χ1v) is 4.03. The van der Waals surface area contributed by atoms with E-state index < -0.39 is 5.60 Å². The lowest BCUT2D eigenvalue weighted by molar-refractivity contribution is 0.108. The minimum Gasteiger partial charge on any atom is -0.386 e. The molecule has 0 aromatic rings. The first-order valence-electron chi connectivity index (χ1n) is 4.03. The van der Waals surface area contributed by atoms with Gasteiger partial charge >= 0.3 is 0 Å². The lowest BCUT2D eigenvalue weighted by atomic mass is 10.0. The van der Waals surface area contributed by atoms with Crippen LogP contribution in [0.3, 0.4) is 0 Å². The minimum atomic E-state index is -0.647. The van der Waals surface area contributed by atoms with Gasteiger partial charge in [0, 0.05) is 0 Å². The van der Waals surface area contributed by atoms with E-state index in [1.165, 1.54) is 5.57 Å². The Labute approximate surface area is 69.4 Å². The van der Waals surface area contributed by atoms with Crippen molar-refractivity contribution < 1.29 is 5.11 Å². The molecule has 0 aliphatic carbocycles. The molecule has 0 bridgehead atoms. The number of hydrogen-bond acceptors (Lipinski definition) is 1. The van der Waals surface area contributed by atoms with Crippen LogP contribution < -0.4 is 0 Å². The monoisotopic (exact) mass is 154 g/mol. The van der Waals surface area contributed by atoms with Gasteiger partial charge in [-0.2, -0.15) is 0 Å². The van der Waals surface area contributed by atoms with Gasteiger partial charge in [0.25, 0.3) is 0 Å². The van der Waals surface area contributed by atoms with E-state index in [4.69, 9.17) is 0 Å². The van der Waals surface area contributed by atoms with Gasteiger partial charge in [0.15, 0.2) is 0 Å². The van der Waals surface area contributed by atoms with Crippen LogP contribution in [0.2, 0.25) is 0 Å². The number of hydrogen-bond donors (Lipinski definition) is 1. The molecule has 1 atom stereocenters. The molecule has 0 heterocycles. The Morgan fingerprint density at radius 3 is 2.36 bits per heavy atom. The van der Waals surface area contributed by atoms with Crippen LogP contribution in [0.25, 0.3) is 0 Å². The summed E-state index contributed by atoms with van der Waals surface area (Å²) in [6.07, 6.45) is 6.46. The molecule has 1 nitrogen and oxygen atoms in total. The molecule has 1 heteroatoms. The molecule has 0 saturated heterocycles. The van der Waals surface area contributed by atoms with Crippen molar-refractivity contribution in [3.05, 3.63) is 23.8 Å². The highest BCUT2D eigenvalue weighted by Crippen LogP contribution is 2.09. The zero-order valence-electron chi connectivity index (χ0n) is 7.89. The molecule has 0 unspecified atom stereocenters. The van der Waals surface area contributed by atoms with Gasteiger partial charge in [-0.15, -0.1) is 0 Å². The zero-order valence-corrected chi connectivity index (χ0v) is 7.89. The van der Waals surface area contributed by atoms with Gasteiger partial charge in [0.05, 0.1) is 5.60 Å². The van der Waals surface area contributed by atoms with E-state index in [-0.39, 0.29) is 0 Å². The molecular formula is C10H18O. The summed E-state index contributed by atoms with van der Waals surface area (Å²) < 4.78 is 0. The van der Waals surface area contributed by atoms with Crippen molar-refractivity contribution in [2.24, 2.45) is 0 Å². The third kappa shape index (κ3) is 5.86. The highest BCUT2D eigenvalue weighted by Gasteiger charge is 2.10. The van der Waals surface area contributed by atoms with Crippen molar-refractivity contribution in [1.29, 1.82) is 0 Å². The molecule has 64 valence electrons. The summed E-state index contributed by atoms with van der Waals surface area (Å²) >= 11 is 0. The summed E-state index contributed by atoms with van der Waals surface area (Å²) in [7, 11) is 0. The molecule has 0 saturated carbocycles. The third-order valence-corrected chi connectivity index (χ3v) is 1.60. The fourth-order valence-electron chi connectivity index (χ4n) is 0.566. The Kier molecular flexibility index (Phi) is 4.12.